The lowest BCUT2D eigenvalue weighted by Crippen LogP contribution is -2.31. The van der Waals surface area contributed by atoms with Gasteiger partial charge in [-0.15, -0.1) is 0 Å². The lowest BCUT2D eigenvalue weighted by atomic mass is 10.3. The summed E-state index contributed by atoms with van der Waals surface area (Å²) >= 11 is 0. The van der Waals surface area contributed by atoms with Crippen LogP contribution in [-0.2, 0) is 6.54 Å². The highest BCUT2D eigenvalue weighted by Gasteiger charge is 2.10. The Morgan fingerprint density at radius 2 is 2.28 bits per heavy atom. The Balaban J connectivity index is 2.07. The molecule has 5 nitrogen and oxygen atoms in total. The fourth-order valence-electron chi connectivity index (χ4n) is 1.85. The van der Waals surface area contributed by atoms with Crippen LogP contribution in [0.25, 0.3) is 11.0 Å². The second kappa shape index (κ2) is 5.43. The first-order valence-electron chi connectivity index (χ1n) is 5.70. The molecule has 18 heavy (non-hydrogen) atoms. The fourth-order valence-corrected chi connectivity index (χ4v) is 1.85. The van der Waals surface area contributed by atoms with E-state index in [2.05, 4.69) is 9.97 Å². The Bertz CT molecular complexity index is 529. The van der Waals surface area contributed by atoms with Gasteiger partial charge in [-0.3, -0.25) is 4.90 Å². The van der Waals surface area contributed by atoms with E-state index in [0.29, 0.717) is 29.9 Å². The maximum atomic E-state index is 13.0. The molecule has 0 aliphatic rings. The summed E-state index contributed by atoms with van der Waals surface area (Å²) in [5.41, 5.74) is 1.36. The number of H-pyrrole nitrogens is 1. The summed E-state index contributed by atoms with van der Waals surface area (Å²) in [5.74, 6) is 0.394. The predicted octanol–water partition coefficient (Wildman–Crippen LogP) is 0.487. The number of likely N-dealkylation sites (N-methyl/N-ethyl adjacent to an activating group) is 1. The molecule has 2 rings (SSSR count). The van der Waals surface area contributed by atoms with Crippen LogP contribution in [0.5, 0.6) is 0 Å². The molecular weight excluding hydrogens is 237 g/mol. The average Bonchev–Trinajstić information content (AvgIpc) is 2.69. The van der Waals surface area contributed by atoms with Crippen molar-refractivity contribution in [2.75, 3.05) is 20.2 Å². The topological polar surface area (TPSA) is 72.4 Å². The second-order valence-corrected chi connectivity index (χ2v) is 4.38. The molecule has 0 aliphatic heterocycles. The molecule has 1 aromatic carbocycles. The molecule has 1 aromatic heterocycles. The molecule has 0 fully saturated rings. The van der Waals surface area contributed by atoms with Crippen LogP contribution in [0.2, 0.25) is 0 Å². The average molecular weight is 253 g/mol. The Labute approximate surface area is 104 Å². The van der Waals surface area contributed by atoms with Crippen LogP contribution in [0.15, 0.2) is 18.2 Å². The van der Waals surface area contributed by atoms with Gasteiger partial charge in [-0.1, -0.05) is 0 Å². The molecule has 0 saturated heterocycles. The van der Waals surface area contributed by atoms with Gasteiger partial charge in [0.2, 0.25) is 0 Å². The third kappa shape index (κ3) is 3.04. The van der Waals surface area contributed by atoms with Crippen molar-refractivity contribution in [3.05, 3.63) is 29.8 Å². The van der Waals surface area contributed by atoms with Crippen molar-refractivity contribution in [2.24, 2.45) is 0 Å². The molecule has 2 aromatic rings. The van der Waals surface area contributed by atoms with Gasteiger partial charge in [0.15, 0.2) is 0 Å². The molecule has 0 aliphatic carbocycles. The summed E-state index contributed by atoms with van der Waals surface area (Å²) in [5, 5.41) is 18.1. The van der Waals surface area contributed by atoms with Crippen LogP contribution in [0.3, 0.4) is 0 Å². The zero-order valence-electron chi connectivity index (χ0n) is 10.1. The second-order valence-electron chi connectivity index (χ2n) is 4.38. The Morgan fingerprint density at radius 3 is 3.00 bits per heavy atom. The van der Waals surface area contributed by atoms with Gasteiger partial charge >= 0.3 is 0 Å². The van der Waals surface area contributed by atoms with Crippen molar-refractivity contribution in [3.8, 4) is 0 Å². The summed E-state index contributed by atoms with van der Waals surface area (Å²) in [6, 6.07) is 4.38. The number of hydrogen-bond acceptors (Lipinski definition) is 4. The summed E-state index contributed by atoms with van der Waals surface area (Å²) < 4.78 is 13.0. The minimum absolute atomic E-state index is 0.268. The maximum Gasteiger partial charge on any atom is 0.125 e. The van der Waals surface area contributed by atoms with Crippen molar-refractivity contribution in [3.63, 3.8) is 0 Å². The van der Waals surface area contributed by atoms with Crippen molar-refractivity contribution in [1.29, 1.82) is 0 Å². The van der Waals surface area contributed by atoms with E-state index < -0.39 is 6.10 Å². The Hall–Kier alpha value is -1.50. The number of imidazole rings is 1. The molecule has 1 atom stereocenters. The first-order valence-corrected chi connectivity index (χ1v) is 5.70. The lowest BCUT2D eigenvalue weighted by Gasteiger charge is -2.17. The van der Waals surface area contributed by atoms with E-state index in [1.807, 2.05) is 11.9 Å². The van der Waals surface area contributed by atoms with Crippen molar-refractivity contribution in [1.82, 2.24) is 14.9 Å². The molecular formula is C12H16FN3O2. The van der Waals surface area contributed by atoms with E-state index in [4.69, 9.17) is 5.11 Å². The normalized spacial score (nSPS) is 13.4. The number of nitrogens with zero attached hydrogens (tertiary/aromatic N) is 2. The van der Waals surface area contributed by atoms with Gasteiger partial charge in [-0.25, -0.2) is 9.37 Å². The number of fused-ring (bicyclic) bond motifs is 1. The Kier molecular flexibility index (Phi) is 3.90. The zero-order valence-corrected chi connectivity index (χ0v) is 10.1. The van der Waals surface area contributed by atoms with E-state index in [1.54, 1.807) is 6.07 Å². The molecule has 0 saturated carbocycles. The number of aromatic nitrogens is 2. The van der Waals surface area contributed by atoms with Gasteiger partial charge in [-0.05, 0) is 25.2 Å². The van der Waals surface area contributed by atoms with Gasteiger partial charge < -0.3 is 15.2 Å². The largest absolute Gasteiger partial charge is 0.394 e. The molecule has 98 valence electrons. The first-order chi connectivity index (χ1) is 8.58. The molecule has 0 unspecified atom stereocenters. The van der Waals surface area contributed by atoms with E-state index in [9.17, 15) is 9.50 Å². The van der Waals surface area contributed by atoms with Crippen LogP contribution in [0.4, 0.5) is 4.39 Å². The predicted molar refractivity (Wildman–Crippen MR) is 65.5 cm³/mol. The molecule has 0 radical (unpaired) electrons. The third-order valence-electron chi connectivity index (χ3n) is 2.65. The number of aliphatic hydroxyl groups is 2. The number of aliphatic hydroxyl groups excluding tert-OH is 2. The van der Waals surface area contributed by atoms with Crippen LogP contribution in [0, 0.1) is 5.82 Å². The minimum atomic E-state index is -0.767. The quantitative estimate of drug-likeness (QED) is 0.725. The van der Waals surface area contributed by atoms with Gasteiger partial charge in [0.1, 0.15) is 11.6 Å². The van der Waals surface area contributed by atoms with Crippen LogP contribution in [0.1, 0.15) is 5.82 Å². The summed E-state index contributed by atoms with van der Waals surface area (Å²) in [6.45, 7) is 0.574. The molecule has 0 spiro atoms. The molecule has 0 bridgehead atoms. The van der Waals surface area contributed by atoms with Crippen LogP contribution in [-0.4, -0.2) is 51.4 Å². The van der Waals surface area contributed by atoms with E-state index in [-0.39, 0.29) is 12.4 Å². The molecule has 6 heteroatoms. The number of halogens is 1. The third-order valence-corrected chi connectivity index (χ3v) is 2.65. The number of aromatic amines is 1. The molecule has 3 N–H and O–H groups in total. The highest BCUT2D eigenvalue weighted by atomic mass is 19.1. The molecule has 0 amide bonds. The zero-order chi connectivity index (χ0) is 13.1. The monoisotopic (exact) mass is 253 g/mol. The van der Waals surface area contributed by atoms with Crippen LogP contribution < -0.4 is 0 Å². The number of hydrogen-bond donors (Lipinski definition) is 3. The SMILES string of the molecule is CN(Cc1nc2ccc(F)cc2[nH]1)C[C@@H](O)CO. The van der Waals surface area contributed by atoms with Gasteiger partial charge in [0.25, 0.3) is 0 Å². The Morgan fingerprint density at radius 1 is 1.50 bits per heavy atom. The molecule has 1 heterocycles. The summed E-state index contributed by atoms with van der Waals surface area (Å²) in [4.78, 5) is 9.17. The van der Waals surface area contributed by atoms with Gasteiger partial charge in [0.05, 0.1) is 30.3 Å². The fraction of sp³-hybridized carbons (Fsp3) is 0.417. The van der Waals surface area contributed by atoms with Crippen molar-refractivity contribution >= 4 is 11.0 Å². The summed E-state index contributed by atoms with van der Waals surface area (Å²) in [7, 11) is 1.81. The smallest absolute Gasteiger partial charge is 0.125 e. The van der Waals surface area contributed by atoms with E-state index in [0.717, 1.165) is 0 Å². The van der Waals surface area contributed by atoms with Crippen molar-refractivity contribution in [2.45, 2.75) is 12.6 Å². The number of rotatable bonds is 5. The van der Waals surface area contributed by atoms with E-state index >= 15 is 0 Å². The van der Waals surface area contributed by atoms with Crippen molar-refractivity contribution < 1.29 is 14.6 Å². The maximum absolute atomic E-state index is 13.0. The highest BCUT2D eigenvalue weighted by molar-refractivity contribution is 5.74. The first kappa shape index (κ1) is 12.9. The van der Waals surface area contributed by atoms with E-state index in [1.165, 1.54) is 12.1 Å². The van der Waals surface area contributed by atoms with Gasteiger partial charge in [-0.2, -0.15) is 0 Å². The van der Waals surface area contributed by atoms with Gasteiger partial charge in [0, 0.05) is 6.54 Å². The number of benzene rings is 1. The highest BCUT2D eigenvalue weighted by Crippen LogP contribution is 2.13. The number of nitrogens with one attached hydrogen (secondary N) is 1. The van der Waals surface area contributed by atoms with Crippen LogP contribution >= 0.6 is 0 Å². The summed E-state index contributed by atoms with van der Waals surface area (Å²) in [6.07, 6.45) is -0.767. The lowest BCUT2D eigenvalue weighted by molar-refractivity contribution is 0.0642. The minimum Gasteiger partial charge on any atom is -0.394 e. The standard InChI is InChI=1S/C12H16FN3O2/c1-16(5-9(18)7-17)6-12-14-10-3-2-8(13)4-11(10)15-12/h2-4,9,17-18H,5-7H2,1H3,(H,14,15)/t9-/m1/s1.